The molecule has 0 unspecified atom stereocenters. The van der Waals surface area contributed by atoms with Crippen molar-refractivity contribution in [3.05, 3.63) is 59.2 Å². The van der Waals surface area contributed by atoms with E-state index >= 15 is 0 Å². The number of aliphatic hydroxyl groups excluding tert-OH is 1. The molecule has 0 aromatic heterocycles. The van der Waals surface area contributed by atoms with Gasteiger partial charge in [-0.05, 0) is 62.0 Å². The molecule has 1 saturated carbocycles. The van der Waals surface area contributed by atoms with E-state index < -0.39 is 5.60 Å². The van der Waals surface area contributed by atoms with Crippen molar-refractivity contribution < 1.29 is 10.2 Å². The van der Waals surface area contributed by atoms with Gasteiger partial charge in [0.25, 0.3) is 0 Å². The number of aliphatic hydroxyl groups is 2. The Bertz CT molecular complexity index is 706. The van der Waals surface area contributed by atoms with Crippen molar-refractivity contribution in [3.63, 3.8) is 0 Å². The molecule has 3 rings (SSSR count). The zero-order valence-electron chi connectivity index (χ0n) is 17.5. The molecular formula is C25H37NO2. The molecule has 2 aliphatic carbocycles. The van der Waals surface area contributed by atoms with Crippen LogP contribution in [0.2, 0.25) is 0 Å². The molecule has 0 saturated heterocycles. The highest BCUT2D eigenvalue weighted by Gasteiger charge is 2.43. The number of hydrogen-bond acceptors (Lipinski definition) is 3. The van der Waals surface area contributed by atoms with Crippen LogP contribution in [-0.4, -0.2) is 21.9 Å². The fraction of sp³-hybridized carbons (Fsp3) is 0.600. The molecule has 0 heterocycles. The number of nitrogens with two attached hydrogens (primary N) is 1. The maximum atomic E-state index is 10.6. The first kappa shape index (κ1) is 21.3. The largest absolute Gasteiger partial charge is 0.392 e. The third-order valence-corrected chi connectivity index (χ3v) is 6.69. The second kappa shape index (κ2) is 9.39. The van der Waals surface area contributed by atoms with Crippen molar-refractivity contribution in [3.8, 4) is 0 Å². The van der Waals surface area contributed by atoms with Crippen molar-refractivity contribution in [2.75, 3.05) is 0 Å². The SMILES string of the molecule is CCCC[C@](C)(O)C/C=C/[C@@H]1[C@H]2CC(Cc3ccccc3CN)=C[C@H]2C[C@H]1O. The van der Waals surface area contributed by atoms with Crippen molar-refractivity contribution >= 4 is 0 Å². The van der Waals surface area contributed by atoms with Crippen molar-refractivity contribution in [1.82, 2.24) is 0 Å². The van der Waals surface area contributed by atoms with Crippen LogP contribution in [0.3, 0.4) is 0 Å². The van der Waals surface area contributed by atoms with Crippen molar-refractivity contribution in [2.24, 2.45) is 23.5 Å². The van der Waals surface area contributed by atoms with Gasteiger partial charge in [0.1, 0.15) is 0 Å². The van der Waals surface area contributed by atoms with E-state index in [0.717, 1.165) is 38.5 Å². The van der Waals surface area contributed by atoms with E-state index in [0.29, 0.717) is 24.8 Å². The summed E-state index contributed by atoms with van der Waals surface area (Å²) < 4.78 is 0. The fourth-order valence-electron chi connectivity index (χ4n) is 5.05. The van der Waals surface area contributed by atoms with Crippen LogP contribution >= 0.6 is 0 Å². The summed E-state index contributed by atoms with van der Waals surface area (Å²) in [6.07, 6.45) is 13.0. The lowest BCUT2D eigenvalue weighted by atomic mass is 9.87. The lowest BCUT2D eigenvalue weighted by Crippen LogP contribution is -2.23. The van der Waals surface area contributed by atoms with E-state index in [1.807, 2.05) is 6.92 Å². The number of allylic oxidation sites excluding steroid dienone is 2. The maximum Gasteiger partial charge on any atom is 0.0654 e. The van der Waals surface area contributed by atoms with E-state index in [2.05, 4.69) is 49.4 Å². The van der Waals surface area contributed by atoms with Gasteiger partial charge in [-0.2, -0.15) is 0 Å². The number of unbranched alkanes of at least 4 members (excludes halogenated alkanes) is 1. The van der Waals surface area contributed by atoms with Crippen LogP contribution in [0.1, 0.15) is 63.5 Å². The molecular weight excluding hydrogens is 346 g/mol. The Morgan fingerprint density at radius 2 is 2.00 bits per heavy atom. The summed E-state index contributed by atoms with van der Waals surface area (Å²) in [5.74, 6) is 1.17. The fourth-order valence-corrected chi connectivity index (χ4v) is 5.05. The average molecular weight is 384 g/mol. The quantitative estimate of drug-likeness (QED) is 0.549. The number of benzene rings is 1. The highest BCUT2D eigenvalue weighted by molar-refractivity contribution is 5.33. The number of hydrogen-bond donors (Lipinski definition) is 3. The van der Waals surface area contributed by atoms with Crippen LogP contribution in [0.25, 0.3) is 0 Å². The molecule has 0 spiro atoms. The van der Waals surface area contributed by atoms with Gasteiger partial charge in [-0.25, -0.2) is 0 Å². The summed E-state index contributed by atoms with van der Waals surface area (Å²) in [5.41, 5.74) is 9.30. The number of rotatable bonds is 9. The smallest absolute Gasteiger partial charge is 0.0654 e. The summed E-state index contributed by atoms with van der Waals surface area (Å²) in [7, 11) is 0. The molecule has 0 bridgehead atoms. The van der Waals surface area contributed by atoms with Gasteiger partial charge < -0.3 is 15.9 Å². The van der Waals surface area contributed by atoms with Gasteiger partial charge in [0.15, 0.2) is 0 Å². The predicted molar refractivity (Wildman–Crippen MR) is 116 cm³/mol. The second-order valence-corrected chi connectivity index (χ2v) is 9.12. The Hall–Kier alpha value is -1.42. The topological polar surface area (TPSA) is 66.5 Å². The summed E-state index contributed by atoms with van der Waals surface area (Å²) in [4.78, 5) is 0. The van der Waals surface area contributed by atoms with Gasteiger partial charge in [-0.15, -0.1) is 0 Å². The van der Waals surface area contributed by atoms with Crippen LogP contribution in [0.4, 0.5) is 0 Å². The Labute approximate surface area is 170 Å². The third kappa shape index (κ3) is 5.14. The van der Waals surface area contributed by atoms with Gasteiger partial charge >= 0.3 is 0 Å². The standard InChI is InChI=1S/C25H37NO2/c1-3-4-11-25(2,28)12-7-10-22-23-15-18(14-21(23)16-24(22)27)13-19-8-5-6-9-20(19)17-26/h5-10,14,21-24,27-28H,3-4,11-13,15-17,26H2,1-2H3/b10-7+/t21-,22+,23-,24+,25-/m0/s1. The van der Waals surface area contributed by atoms with E-state index in [4.69, 9.17) is 5.73 Å². The molecule has 3 nitrogen and oxygen atoms in total. The Morgan fingerprint density at radius 1 is 1.25 bits per heavy atom. The van der Waals surface area contributed by atoms with Crippen molar-refractivity contribution in [2.45, 2.75) is 77.0 Å². The maximum absolute atomic E-state index is 10.6. The minimum atomic E-state index is -0.638. The van der Waals surface area contributed by atoms with Crippen LogP contribution in [-0.2, 0) is 13.0 Å². The Kier molecular flexibility index (Phi) is 7.14. The molecule has 1 aromatic rings. The molecule has 0 aliphatic heterocycles. The summed E-state index contributed by atoms with van der Waals surface area (Å²) in [5, 5.41) is 21.1. The molecule has 1 fully saturated rings. The minimum absolute atomic E-state index is 0.200. The zero-order valence-corrected chi connectivity index (χ0v) is 17.5. The molecule has 154 valence electrons. The minimum Gasteiger partial charge on any atom is -0.392 e. The van der Waals surface area contributed by atoms with Gasteiger partial charge in [0.2, 0.25) is 0 Å². The average Bonchev–Trinajstić information content (AvgIpc) is 3.17. The van der Waals surface area contributed by atoms with Crippen LogP contribution < -0.4 is 5.73 Å². The van der Waals surface area contributed by atoms with Crippen LogP contribution in [0, 0.1) is 17.8 Å². The Morgan fingerprint density at radius 3 is 2.71 bits per heavy atom. The lowest BCUT2D eigenvalue weighted by molar-refractivity contribution is 0.0513. The normalized spacial score (nSPS) is 29.1. The summed E-state index contributed by atoms with van der Waals surface area (Å²) in [6.45, 7) is 4.65. The van der Waals surface area contributed by atoms with Crippen LogP contribution in [0.5, 0.6) is 0 Å². The number of fused-ring (bicyclic) bond motifs is 1. The molecule has 0 radical (unpaired) electrons. The van der Waals surface area contributed by atoms with Gasteiger partial charge in [-0.3, -0.25) is 0 Å². The molecule has 2 aliphatic rings. The third-order valence-electron chi connectivity index (χ3n) is 6.69. The van der Waals surface area contributed by atoms with Gasteiger partial charge in [-0.1, -0.05) is 67.8 Å². The van der Waals surface area contributed by atoms with E-state index in [1.54, 1.807) is 0 Å². The molecule has 3 heteroatoms. The first-order valence-corrected chi connectivity index (χ1v) is 11.0. The zero-order chi connectivity index (χ0) is 20.1. The summed E-state index contributed by atoms with van der Waals surface area (Å²) >= 11 is 0. The summed E-state index contributed by atoms with van der Waals surface area (Å²) in [6, 6.07) is 8.44. The van der Waals surface area contributed by atoms with E-state index in [1.165, 1.54) is 16.7 Å². The van der Waals surface area contributed by atoms with Crippen molar-refractivity contribution in [1.29, 1.82) is 0 Å². The molecule has 28 heavy (non-hydrogen) atoms. The molecule has 1 aromatic carbocycles. The molecule has 0 amide bonds. The van der Waals surface area contributed by atoms with Gasteiger partial charge in [0.05, 0.1) is 11.7 Å². The Balaban J connectivity index is 1.60. The lowest BCUT2D eigenvalue weighted by Gasteiger charge is -2.22. The highest BCUT2D eigenvalue weighted by Crippen LogP contribution is 2.48. The van der Waals surface area contributed by atoms with E-state index in [-0.39, 0.29) is 12.0 Å². The second-order valence-electron chi connectivity index (χ2n) is 9.12. The van der Waals surface area contributed by atoms with Crippen LogP contribution in [0.15, 0.2) is 48.1 Å². The first-order valence-electron chi connectivity index (χ1n) is 11.0. The van der Waals surface area contributed by atoms with E-state index in [9.17, 15) is 10.2 Å². The first-order chi connectivity index (χ1) is 13.4. The monoisotopic (exact) mass is 383 g/mol. The highest BCUT2D eigenvalue weighted by atomic mass is 16.3. The predicted octanol–water partition coefficient (Wildman–Crippen LogP) is 4.52. The van der Waals surface area contributed by atoms with Gasteiger partial charge in [0, 0.05) is 12.5 Å². The molecule has 5 atom stereocenters. The molecule has 4 N–H and O–H groups in total.